The minimum atomic E-state index is -0.721. The van der Waals surface area contributed by atoms with Gasteiger partial charge in [0, 0.05) is 44.0 Å². The average Bonchev–Trinajstić information content (AvgIpc) is 3.19. The zero-order chi connectivity index (χ0) is 23.3. The number of piperazine rings is 1. The first kappa shape index (κ1) is 23.5. The molecule has 2 aromatic rings. The van der Waals surface area contributed by atoms with E-state index in [9.17, 15) is 14.4 Å². The number of likely N-dealkylation sites (N-methyl/N-ethyl adjacent to an activating group) is 1. The number of benzene rings is 1. The van der Waals surface area contributed by atoms with E-state index < -0.39 is 6.04 Å². The lowest BCUT2D eigenvalue weighted by Crippen LogP contribution is -2.48. The van der Waals surface area contributed by atoms with Gasteiger partial charge < -0.3 is 20.4 Å². The monoisotopic (exact) mass is 440 g/mol. The molecule has 1 saturated heterocycles. The topological polar surface area (TPSA) is 99.6 Å². The molecule has 0 radical (unpaired) electrons. The molecule has 32 heavy (non-hydrogen) atoms. The molecule has 0 saturated carbocycles. The predicted octanol–water partition coefficient (Wildman–Crippen LogP) is 1.36. The van der Waals surface area contributed by atoms with Gasteiger partial charge in [-0.3, -0.25) is 19.1 Å². The number of rotatable bonds is 7. The normalized spacial score (nSPS) is 15.5. The summed E-state index contributed by atoms with van der Waals surface area (Å²) in [7, 11) is 2.04. The summed E-state index contributed by atoms with van der Waals surface area (Å²) < 4.78 is 1.52. The lowest BCUT2D eigenvalue weighted by Gasteiger charge is -2.32. The maximum atomic E-state index is 12.8. The third kappa shape index (κ3) is 6.16. The van der Waals surface area contributed by atoms with Crippen molar-refractivity contribution in [1.29, 1.82) is 0 Å². The highest BCUT2D eigenvalue weighted by Crippen LogP contribution is 2.10. The Balaban J connectivity index is 1.57. The third-order valence-electron chi connectivity index (χ3n) is 5.59. The van der Waals surface area contributed by atoms with Gasteiger partial charge in [0.15, 0.2) is 5.82 Å². The predicted molar refractivity (Wildman–Crippen MR) is 122 cm³/mol. The van der Waals surface area contributed by atoms with Gasteiger partial charge in [0.2, 0.25) is 11.8 Å². The quantitative estimate of drug-likeness (QED) is 0.677. The summed E-state index contributed by atoms with van der Waals surface area (Å²) in [5.74, 6) is -0.426. The lowest BCUT2D eigenvalue weighted by molar-refractivity contribution is -0.133. The van der Waals surface area contributed by atoms with E-state index in [2.05, 4.69) is 20.6 Å². The molecule has 2 N–H and O–H groups in total. The van der Waals surface area contributed by atoms with E-state index in [1.807, 2.05) is 44.9 Å². The minimum absolute atomic E-state index is 0.00416. The standard InChI is InChI=1S/C23H32N6O3/c1-16(2)21(25-22(31)18-7-5-17(3)6-8-18)23(32)24-19-9-10-29(26-19)15-20(30)28-13-11-27(4)12-14-28/h5-10,16,21H,11-15H2,1-4H3,(H,25,31)(H,24,26,32)/t21-/m1/s1. The number of nitrogens with zero attached hydrogens (tertiary/aromatic N) is 4. The Labute approximate surface area is 188 Å². The van der Waals surface area contributed by atoms with E-state index in [0.29, 0.717) is 24.5 Å². The molecule has 172 valence electrons. The highest BCUT2D eigenvalue weighted by atomic mass is 16.2. The molecule has 1 aliphatic heterocycles. The second-order valence-corrected chi connectivity index (χ2v) is 8.63. The van der Waals surface area contributed by atoms with Gasteiger partial charge in [0.1, 0.15) is 12.6 Å². The van der Waals surface area contributed by atoms with Crippen LogP contribution in [0.4, 0.5) is 5.82 Å². The zero-order valence-electron chi connectivity index (χ0n) is 19.2. The number of aryl methyl sites for hydroxylation is 1. The molecule has 3 amide bonds. The van der Waals surface area contributed by atoms with Gasteiger partial charge in [-0.05, 0) is 32.0 Å². The van der Waals surface area contributed by atoms with Crippen molar-refractivity contribution in [2.75, 3.05) is 38.5 Å². The number of hydrogen-bond acceptors (Lipinski definition) is 5. The van der Waals surface area contributed by atoms with Gasteiger partial charge in [-0.1, -0.05) is 31.5 Å². The molecular weight excluding hydrogens is 408 g/mol. The van der Waals surface area contributed by atoms with Gasteiger partial charge in [-0.2, -0.15) is 5.10 Å². The van der Waals surface area contributed by atoms with Crippen LogP contribution in [0.3, 0.4) is 0 Å². The number of nitrogens with one attached hydrogen (secondary N) is 2. The first-order valence-corrected chi connectivity index (χ1v) is 10.9. The first-order chi connectivity index (χ1) is 15.2. The molecule has 1 aromatic heterocycles. The van der Waals surface area contributed by atoms with Gasteiger partial charge in [0.25, 0.3) is 5.91 Å². The molecule has 3 rings (SSSR count). The van der Waals surface area contributed by atoms with Crippen molar-refractivity contribution in [2.24, 2.45) is 5.92 Å². The summed E-state index contributed by atoms with van der Waals surface area (Å²) >= 11 is 0. The van der Waals surface area contributed by atoms with E-state index in [1.54, 1.807) is 24.4 Å². The second-order valence-electron chi connectivity index (χ2n) is 8.63. The van der Waals surface area contributed by atoms with Gasteiger partial charge in [-0.25, -0.2) is 0 Å². The van der Waals surface area contributed by atoms with Crippen LogP contribution in [0.2, 0.25) is 0 Å². The Morgan fingerprint density at radius 2 is 1.69 bits per heavy atom. The van der Waals surface area contributed by atoms with Crippen LogP contribution in [-0.4, -0.2) is 76.6 Å². The van der Waals surface area contributed by atoms with E-state index in [0.717, 1.165) is 18.7 Å². The van der Waals surface area contributed by atoms with Gasteiger partial charge in [-0.15, -0.1) is 0 Å². The van der Waals surface area contributed by atoms with Crippen molar-refractivity contribution < 1.29 is 14.4 Å². The SMILES string of the molecule is Cc1ccc(C(=O)N[C@@H](C(=O)Nc2ccn(CC(=O)N3CCN(C)CC3)n2)C(C)C)cc1. The van der Waals surface area contributed by atoms with Crippen molar-refractivity contribution in [2.45, 2.75) is 33.4 Å². The van der Waals surface area contributed by atoms with Crippen LogP contribution < -0.4 is 10.6 Å². The van der Waals surface area contributed by atoms with Crippen LogP contribution in [0, 0.1) is 12.8 Å². The van der Waals surface area contributed by atoms with E-state index in [4.69, 9.17) is 0 Å². The first-order valence-electron chi connectivity index (χ1n) is 10.9. The minimum Gasteiger partial charge on any atom is -0.340 e. The molecule has 0 bridgehead atoms. The summed E-state index contributed by atoms with van der Waals surface area (Å²) in [5, 5.41) is 9.86. The molecule has 9 heteroatoms. The van der Waals surface area contributed by atoms with Crippen LogP contribution in [0.15, 0.2) is 36.5 Å². The Hall–Kier alpha value is -3.20. The van der Waals surface area contributed by atoms with Gasteiger partial charge in [0.05, 0.1) is 0 Å². The molecule has 0 spiro atoms. The van der Waals surface area contributed by atoms with Crippen LogP contribution in [0.1, 0.15) is 29.8 Å². The van der Waals surface area contributed by atoms with Crippen LogP contribution in [0.5, 0.6) is 0 Å². The average molecular weight is 441 g/mol. The smallest absolute Gasteiger partial charge is 0.251 e. The Kier molecular flexibility index (Phi) is 7.63. The van der Waals surface area contributed by atoms with Crippen molar-refractivity contribution in [1.82, 2.24) is 24.9 Å². The van der Waals surface area contributed by atoms with Crippen molar-refractivity contribution in [3.05, 3.63) is 47.7 Å². The molecule has 2 heterocycles. The van der Waals surface area contributed by atoms with E-state index in [-0.39, 0.29) is 30.2 Å². The zero-order valence-corrected chi connectivity index (χ0v) is 19.2. The fraction of sp³-hybridized carbons (Fsp3) is 0.478. The van der Waals surface area contributed by atoms with Crippen LogP contribution in [0.25, 0.3) is 0 Å². The molecule has 1 fully saturated rings. The molecule has 1 aromatic carbocycles. The molecule has 1 aliphatic rings. The number of hydrogen-bond donors (Lipinski definition) is 2. The molecule has 0 unspecified atom stereocenters. The summed E-state index contributed by atoms with van der Waals surface area (Å²) in [6.07, 6.45) is 1.67. The molecule has 1 atom stereocenters. The number of anilines is 1. The fourth-order valence-electron chi connectivity index (χ4n) is 3.48. The fourth-order valence-corrected chi connectivity index (χ4v) is 3.48. The third-order valence-corrected chi connectivity index (χ3v) is 5.59. The molecular formula is C23H32N6O3. The maximum absolute atomic E-state index is 12.8. The Bertz CT molecular complexity index is 945. The summed E-state index contributed by atoms with van der Waals surface area (Å²) in [6, 6.07) is 8.11. The van der Waals surface area contributed by atoms with Crippen molar-refractivity contribution in [3.63, 3.8) is 0 Å². The van der Waals surface area contributed by atoms with Crippen molar-refractivity contribution in [3.8, 4) is 0 Å². The Morgan fingerprint density at radius 3 is 2.31 bits per heavy atom. The number of carbonyl (C=O) groups is 3. The number of aromatic nitrogens is 2. The summed E-state index contributed by atoms with van der Waals surface area (Å²) in [6.45, 7) is 8.93. The lowest BCUT2D eigenvalue weighted by atomic mass is 10.0. The summed E-state index contributed by atoms with van der Waals surface area (Å²) in [5.41, 5.74) is 1.56. The van der Waals surface area contributed by atoms with Crippen molar-refractivity contribution >= 4 is 23.5 Å². The second kappa shape index (κ2) is 10.4. The molecule has 0 aliphatic carbocycles. The van der Waals surface area contributed by atoms with Crippen LogP contribution >= 0.6 is 0 Å². The highest BCUT2D eigenvalue weighted by molar-refractivity contribution is 6.01. The maximum Gasteiger partial charge on any atom is 0.251 e. The highest BCUT2D eigenvalue weighted by Gasteiger charge is 2.25. The van der Waals surface area contributed by atoms with E-state index in [1.165, 1.54) is 4.68 Å². The Morgan fingerprint density at radius 1 is 1.03 bits per heavy atom. The summed E-state index contributed by atoms with van der Waals surface area (Å²) in [4.78, 5) is 41.9. The van der Waals surface area contributed by atoms with E-state index >= 15 is 0 Å². The number of amides is 3. The molecule has 9 nitrogen and oxygen atoms in total. The largest absolute Gasteiger partial charge is 0.340 e. The number of carbonyl (C=O) groups excluding carboxylic acids is 3. The van der Waals surface area contributed by atoms with Crippen LogP contribution in [-0.2, 0) is 16.1 Å². The van der Waals surface area contributed by atoms with Gasteiger partial charge >= 0.3 is 0 Å².